The number of phenolic OH excluding ortho intramolecular Hbond substituents is 1. The van der Waals surface area contributed by atoms with Crippen LogP contribution in [0.25, 0.3) is 0 Å². The molecule has 0 spiro atoms. The van der Waals surface area contributed by atoms with Crippen molar-refractivity contribution in [3.8, 4) is 5.75 Å². The van der Waals surface area contributed by atoms with E-state index in [1.807, 2.05) is 24.4 Å². The van der Waals surface area contributed by atoms with E-state index in [1.54, 1.807) is 24.4 Å². The highest BCUT2D eigenvalue weighted by Crippen LogP contribution is 2.36. The van der Waals surface area contributed by atoms with Gasteiger partial charge in [-0.1, -0.05) is 23.7 Å². The zero-order valence-corrected chi connectivity index (χ0v) is 19.2. The third kappa shape index (κ3) is 6.10. The molecule has 1 aliphatic carbocycles. The zero-order chi connectivity index (χ0) is 23.9. The maximum atomic E-state index is 12.8. The summed E-state index contributed by atoms with van der Waals surface area (Å²) in [6, 6.07) is 10.8. The second kappa shape index (κ2) is 11.1. The van der Waals surface area contributed by atoms with Crippen LogP contribution in [-0.4, -0.2) is 35.1 Å². The molecule has 0 saturated heterocycles. The number of benzene rings is 1. The highest BCUT2D eigenvalue weighted by atomic mass is 16.3. The summed E-state index contributed by atoms with van der Waals surface area (Å²) in [6.45, 7) is 0.544. The first kappa shape index (κ1) is 23.7. The second-order valence-corrected chi connectivity index (χ2v) is 8.96. The molecule has 4 rings (SSSR count). The van der Waals surface area contributed by atoms with Crippen LogP contribution in [0.1, 0.15) is 43.2 Å². The predicted molar refractivity (Wildman–Crippen MR) is 136 cm³/mol. The second-order valence-electron chi connectivity index (χ2n) is 8.96. The Kier molecular flexibility index (Phi) is 7.73. The number of aromatic hydroxyl groups is 1. The van der Waals surface area contributed by atoms with Crippen LogP contribution in [0.4, 0.5) is 0 Å². The molecule has 1 aliphatic heterocycles. The van der Waals surface area contributed by atoms with E-state index in [2.05, 4.69) is 11.1 Å². The summed E-state index contributed by atoms with van der Waals surface area (Å²) in [5.74, 6) is 0.729. The normalized spacial score (nSPS) is 22.2. The lowest BCUT2D eigenvalue weighted by Crippen LogP contribution is -2.25. The van der Waals surface area contributed by atoms with Gasteiger partial charge in [0, 0.05) is 54.2 Å². The molecule has 2 aromatic rings. The highest BCUT2D eigenvalue weighted by Gasteiger charge is 2.29. The fourth-order valence-electron chi connectivity index (χ4n) is 4.60. The molecule has 172 valence electrons. The molecule has 34 heavy (non-hydrogen) atoms. The minimum Gasteiger partial charge on any atom is -0.508 e. The Balaban J connectivity index is 1.43. The van der Waals surface area contributed by atoms with E-state index in [1.165, 1.54) is 6.20 Å². The van der Waals surface area contributed by atoms with Crippen LogP contribution in [0.3, 0.4) is 0 Å². The summed E-state index contributed by atoms with van der Waals surface area (Å²) in [4.78, 5) is 26.6. The Labute approximate surface area is 201 Å². The predicted octanol–water partition coefficient (Wildman–Crippen LogP) is 4.04. The summed E-state index contributed by atoms with van der Waals surface area (Å²) in [5, 5.41) is 9.65. The molecule has 1 aromatic carbocycles. The molecule has 2 heterocycles. The quantitative estimate of drug-likeness (QED) is 0.619. The smallest absolute Gasteiger partial charge is 0.140 e. The lowest BCUT2D eigenvalue weighted by molar-refractivity contribution is -0.123. The molecule has 3 N–H and O–H groups in total. The number of phenols is 1. The first-order valence-corrected chi connectivity index (χ1v) is 11.7. The lowest BCUT2D eigenvalue weighted by atomic mass is 9.76. The number of ketones is 1. The molecule has 0 bridgehead atoms. The number of aromatic nitrogens is 1. The maximum Gasteiger partial charge on any atom is 0.140 e. The standard InChI is InChI=1S/C27H29BN4O2/c28-24(15-29)26-14-22(31-17-19-4-2-10-30-16-19)13-25(32-26)20-6-8-21(9-7-20)27(34)12-18-3-1-5-23(33)11-18/h1-5,10-11,13,15-16,20-21,33H,6-9,12,14,17,29H2. The van der Waals surface area contributed by atoms with Crippen LogP contribution in [0.5, 0.6) is 5.75 Å². The van der Waals surface area contributed by atoms with Crippen molar-refractivity contribution >= 4 is 25.1 Å². The summed E-state index contributed by atoms with van der Waals surface area (Å²) in [6.07, 6.45) is 11.4. The van der Waals surface area contributed by atoms with Gasteiger partial charge in [-0.15, -0.1) is 0 Å². The number of aliphatic imine (C=N–C) groups is 2. The minimum atomic E-state index is 0.0407. The van der Waals surface area contributed by atoms with Crippen molar-refractivity contribution in [2.45, 2.75) is 45.1 Å². The number of Topliss-reactive ketones (excluding diaryl/α,β-unsaturated/α-hetero) is 1. The largest absolute Gasteiger partial charge is 0.508 e. The van der Waals surface area contributed by atoms with E-state index in [0.717, 1.165) is 53.9 Å². The van der Waals surface area contributed by atoms with Crippen LogP contribution in [0, 0.1) is 11.8 Å². The molecule has 0 unspecified atom stereocenters. The van der Waals surface area contributed by atoms with E-state index in [-0.39, 0.29) is 23.4 Å². The Hall–Kier alpha value is -3.48. The van der Waals surface area contributed by atoms with E-state index < -0.39 is 0 Å². The Morgan fingerprint density at radius 3 is 2.68 bits per heavy atom. The Bertz CT molecular complexity index is 1150. The molecule has 2 radical (unpaired) electrons. The number of rotatable bonds is 7. The molecular formula is C27H29BN4O2. The van der Waals surface area contributed by atoms with Crippen molar-refractivity contribution in [3.05, 3.63) is 83.4 Å². The molecule has 0 amide bonds. The summed E-state index contributed by atoms with van der Waals surface area (Å²) in [7, 11) is 6.11. The third-order valence-corrected chi connectivity index (χ3v) is 6.52. The van der Waals surface area contributed by atoms with E-state index in [0.29, 0.717) is 24.9 Å². The van der Waals surface area contributed by atoms with E-state index >= 15 is 0 Å². The maximum absolute atomic E-state index is 12.8. The van der Waals surface area contributed by atoms with Gasteiger partial charge in [-0.3, -0.25) is 19.8 Å². The van der Waals surface area contributed by atoms with Crippen LogP contribution < -0.4 is 5.73 Å². The summed E-state index contributed by atoms with van der Waals surface area (Å²) < 4.78 is 0. The van der Waals surface area contributed by atoms with Gasteiger partial charge in [0.15, 0.2) is 0 Å². The van der Waals surface area contributed by atoms with E-state index in [4.69, 9.17) is 23.6 Å². The van der Waals surface area contributed by atoms with Gasteiger partial charge in [-0.05, 0) is 67.3 Å². The zero-order valence-electron chi connectivity index (χ0n) is 19.2. The average Bonchev–Trinajstić information content (AvgIpc) is 2.87. The van der Waals surface area contributed by atoms with Crippen LogP contribution in [0.15, 0.2) is 82.2 Å². The average molecular weight is 452 g/mol. The number of hydrogen-bond acceptors (Lipinski definition) is 6. The minimum absolute atomic E-state index is 0.0407. The van der Waals surface area contributed by atoms with Crippen molar-refractivity contribution in [2.75, 3.05) is 0 Å². The van der Waals surface area contributed by atoms with Gasteiger partial charge < -0.3 is 10.8 Å². The highest BCUT2D eigenvalue weighted by molar-refractivity contribution is 6.40. The number of allylic oxidation sites excluding steroid dienone is 3. The Morgan fingerprint density at radius 1 is 1.18 bits per heavy atom. The molecule has 0 atom stereocenters. The van der Waals surface area contributed by atoms with Crippen molar-refractivity contribution in [3.63, 3.8) is 0 Å². The number of hydrogen-bond donors (Lipinski definition) is 2. The van der Waals surface area contributed by atoms with E-state index in [9.17, 15) is 9.90 Å². The van der Waals surface area contributed by atoms with Crippen LogP contribution in [-0.2, 0) is 17.8 Å². The Morgan fingerprint density at radius 2 is 1.97 bits per heavy atom. The van der Waals surface area contributed by atoms with Gasteiger partial charge >= 0.3 is 0 Å². The number of nitrogens with zero attached hydrogens (tertiary/aromatic N) is 3. The number of carbonyl (C=O) groups is 1. The summed E-state index contributed by atoms with van der Waals surface area (Å²) in [5.41, 5.74) is 10.7. The van der Waals surface area contributed by atoms with Gasteiger partial charge in [-0.25, -0.2) is 0 Å². The van der Waals surface area contributed by atoms with Gasteiger partial charge in [0.1, 0.15) is 19.4 Å². The molecule has 6 nitrogen and oxygen atoms in total. The molecule has 1 saturated carbocycles. The lowest BCUT2D eigenvalue weighted by Gasteiger charge is -2.29. The van der Waals surface area contributed by atoms with Crippen molar-refractivity contribution < 1.29 is 9.90 Å². The SMILES string of the molecule is [B]C(=CN)C1=NC(C2CCC(C(=O)Cc3cccc(O)c3)CC2)=CC(=NCc2cccnc2)C1. The first-order chi connectivity index (χ1) is 16.5. The van der Waals surface area contributed by atoms with Gasteiger partial charge in [-0.2, -0.15) is 0 Å². The number of carbonyl (C=O) groups excluding carboxylic acids is 1. The molecule has 2 aliphatic rings. The third-order valence-electron chi connectivity index (χ3n) is 6.52. The fourth-order valence-corrected chi connectivity index (χ4v) is 4.60. The van der Waals surface area contributed by atoms with Gasteiger partial charge in [0.2, 0.25) is 0 Å². The molecule has 1 aromatic heterocycles. The topological polar surface area (TPSA) is 101 Å². The van der Waals surface area contributed by atoms with Crippen LogP contribution in [0.2, 0.25) is 0 Å². The monoisotopic (exact) mass is 452 g/mol. The van der Waals surface area contributed by atoms with Gasteiger partial charge in [0.05, 0.1) is 6.54 Å². The molecular weight excluding hydrogens is 423 g/mol. The fraction of sp³-hybridized carbons (Fsp3) is 0.333. The number of pyridine rings is 1. The van der Waals surface area contributed by atoms with Crippen molar-refractivity contribution in [1.29, 1.82) is 0 Å². The molecule has 1 fully saturated rings. The molecule has 7 heteroatoms. The van der Waals surface area contributed by atoms with Crippen molar-refractivity contribution in [1.82, 2.24) is 4.98 Å². The summed E-state index contributed by atoms with van der Waals surface area (Å²) >= 11 is 0. The number of nitrogens with two attached hydrogens (primary N) is 1. The van der Waals surface area contributed by atoms with Gasteiger partial charge in [0.25, 0.3) is 0 Å². The van der Waals surface area contributed by atoms with Crippen LogP contribution >= 0.6 is 0 Å². The first-order valence-electron chi connectivity index (χ1n) is 11.7. The van der Waals surface area contributed by atoms with Crippen molar-refractivity contribution in [2.24, 2.45) is 27.6 Å².